The predicted molar refractivity (Wildman–Crippen MR) is 213 cm³/mol. The number of rotatable bonds is 5. The van der Waals surface area contributed by atoms with E-state index in [0.717, 1.165) is 43.5 Å². The van der Waals surface area contributed by atoms with E-state index < -0.39 is 0 Å². The van der Waals surface area contributed by atoms with E-state index in [1.165, 1.54) is 69.6 Å². The first-order chi connectivity index (χ1) is 25.2. The number of hydrogen-bond acceptors (Lipinski definition) is 4. The van der Waals surface area contributed by atoms with E-state index in [0.29, 0.717) is 29.7 Å². The van der Waals surface area contributed by atoms with Gasteiger partial charge in [0.2, 0.25) is 0 Å². The molecule has 0 saturated carbocycles. The van der Waals surface area contributed by atoms with Crippen LogP contribution in [0.3, 0.4) is 0 Å². The lowest BCUT2D eigenvalue weighted by molar-refractivity contribution is 0.170. The minimum atomic E-state index is 0.0710. The second-order valence-corrected chi connectivity index (χ2v) is 15.5. The number of benzene rings is 3. The van der Waals surface area contributed by atoms with Crippen LogP contribution in [0.4, 0.5) is 17.1 Å². The summed E-state index contributed by atoms with van der Waals surface area (Å²) < 4.78 is 6.39. The van der Waals surface area contributed by atoms with Gasteiger partial charge in [-0.2, -0.15) is 0 Å². The molecule has 4 aliphatic carbocycles. The maximum Gasteiger partial charge on any atom is 0.173 e. The molecule has 0 bridgehead atoms. The molecule has 0 aromatic heterocycles. The summed E-state index contributed by atoms with van der Waals surface area (Å²) in [5.41, 5.74) is 13.2. The molecule has 0 amide bonds. The number of nitrogens with one attached hydrogen (secondary N) is 3. The molecular weight excluding hydrogens is 623 g/mol. The highest BCUT2D eigenvalue weighted by Gasteiger charge is 2.34. The van der Waals surface area contributed by atoms with Crippen LogP contribution in [0.15, 0.2) is 121 Å². The third kappa shape index (κ3) is 5.69. The Bertz CT molecular complexity index is 2080. The van der Waals surface area contributed by atoms with Gasteiger partial charge in [0.1, 0.15) is 5.75 Å². The first-order valence-electron chi connectivity index (χ1n) is 19.4. The second kappa shape index (κ2) is 13.0. The molecule has 51 heavy (non-hydrogen) atoms. The van der Waals surface area contributed by atoms with E-state index in [2.05, 4.69) is 143 Å². The van der Waals surface area contributed by atoms with Crippen molar-refractivity contribution in [1.82, 2.24) is 0 Å². The number of anilines is 3. The van der Waals surface area contributed by atoms with Gasteiger partial charge in [0.15, 0.2) is 6.23 Å². The van der Waals surface area contributed by atoms with Gasteiger partial charge in [-0.05, 0) is 114 Å². The summed E-state index contributed by atoms with van der Waals surface area (Å²) in [5.74, 6) is 3.03. The smallest absolute Gasteiger partial charge is 0.173 e. The lowest BCUT2D eigenvalue weighted by Crippen LogP contribution is -2.32. The van der Waals surface area contributed by atoms with Crippen molar-refractivity contribution in [3.8, 4) is 5.75 Å². The molecule has 3 aromatic rings. The van der Waals surface area contributed by atoms with Crippen molar-refractivity contribution in [3.63, 3.8) is 0 Å². The summed E-state index contributed by atoms with van der Waals surface area (Å²) in [4.78, 5) is 0. The van der Waals surface area contributed by atoms with Crippen LogP contribution in [0, 0.1) is 17.8 Å². The number of ether oxygens (including phenoxy) is 1. The molecule has 3 N–H and O–H groups in total. The third-order valence-electron chi connectivity index (χ3n) is 12.5. The molecule has 3 heterocycles. The summed E-state index contributed by atoms with van der Waals surface area (Å²) >= 11 is 0. The highest BCUT2D eigenvalue weighted by Crippen LogP contribution is 2.47. The Kier molecular flexibility index (Phi) is 7.85. The Hall–Kier alpha value is -4.96. The second-order valence-electron chi connectivity index (χ2n) is 15.5. The summed E-state index contributed by atoms with van der Waals surface area (Å²) in [6, 6.07) is 21.0. The molecule has 3 aliphatic heterocycles. The first-order valence-corrected chi connectivity index (χ1v) is 19.4. The molecule has 256 valence electrons. The van der Waals surface area contributed by atoms with Crippen LogP contribution in [0.1, 0.15) is 85.1 Å². The molecule has 7 unspecified atom stereocenters. The van der Waals surface area contributed by atoms with Crippen LogP contribution in [0.5, 0.6) is 5.75 Å². The van der Waals surface area contributed by atoms with Gasteiger partial charge in [-0.25, -0.2) is 0 Å². The number of allylic oxidation sites excluding steroid dienone is 7. The van der Waals surface area contributed by atoms with Gasteiger partial charge in [-0.3, -0.25) is 0 Å². The Labute approximate surface area is 302 Å². The maximum absolute atomic E-state index is 6.39. The van der Waals surface area contributed by atoms with Gasteiger partial charge in [-0.1, -0.05) is 115 Å². The maximum atomic E-state index is 6.39. The van der Waals surface area contributed by atoms with Crippen LogP contribution >= 0.6 is 0 Å². The molecule has 3 aromatic carbocycles. The monoisotopic (exact) mass is 669 g/mol. The zero-order valence-electron chi connectivity index (χ0n) is 29.2. The van der Waals surface area contributed by atoms with E-state index in [-0.39, 0.29) is 12.3 Å². The van der Waals surface area contributed by atoms with Crippen molar-refractivity contribution in [3.05, 3.63) is 149 Å². The SMILES string of the molecule is C1=CCCC(C2C=Cc3ccc4c(c3N2)NC(C2C=CC(C3CC=C(c5ccc6c(c5)NC(C5CC=CCC5)O6)c5ccccc53)CC2)C=C4)=C1. The Balaban J connectivity index is 0.845. The molecular formula is C47H47N3O. The van der Waals surface area contributed by atoms with Crippen molar-refractivity contribution in [2.75, 3.05) is 16.0 Å². The minimum Gasteiger partial charge on any atom is -0.468 e. The van der Waals surface area contributed by atoms with Crippen LogP contribution in [-0.4, -0.2) is 18.3 Å². The van der Waals surface area contributed by atoms with E-state index in [1.54, 1.807) is 0 Å². The van der Waals surface area contributed by atoms with E-state index in [4.69, 9.17) is 4.74 Å². The molecule has 0 fully saturated rings. The Morgan fingerprint density at radius 3 is 2.41 bits per heavy atom. The molecule has 0 saturated heterocycles. The first kappa shape index (κ1) is 30.8. The van der Waals surface area contributed by atoms with Gasteiger partial charge >= 0.3 is 0 Å². The van der Waals surface area contributed by atoms with Crippen molar-refractivity contribution in [2.45, 2.75) is 75.6 Å². The van der Waals surface area contributed by atoms with Crippen molar-refractivity contribution >= 4 is 34.8 Å². The van der Waals surface area contributed by atoms with Gasteiger partial charge in [0.25, 0.3) is 0 Å². The van der Waals surface area contributed by atoms with E-state index in [1.807, 2.05) is 0 Å². The van der Waals surface area contributed by atoms with Gasteiger partial charge in [0.05, 0.1) is 29.1 Å². The zero-order valence-corrected chi connectivity index (χ0v) is 29.2. The van der Waals surface area contributed by atoms with Crippen LogP contribution < -0.4 is 20.7 Å². The standard InChI is InChI=1S/C47H47N3O/c1-3-9-31(10-4-1)41-26-21-33-19-20-34-22-27-42(49-46(34)45(33)48-41)32-17-15-30(16-18-32)37-24-25-38(40-14-8-7-13-39(37)40)36-23-28-44-43(29-36)50-47(51-44)35-11-5-2-6-12-35/h1-3,5,7-9,13-15,17,19-23,25-30,32,35,37,41-42,47-50H,4,6,10-12,16,18,24H2. The predicted octanol–water partition coefficient (Wildman–Crippen LogP) is 11.3. The minimum absolute atomic E-state index is 0.0710. The van der Waals surface area contributed by atoms with Gasteiger partial charge in [0, 0.05) is 11.8 Å². The lowest BCUT2D eigenvalue weighted by atomic mass is 9.70. The largest absolute Gasteiger partial charge is 0.468 e. The average molecular weight is 670 g/mol. The quantitative estimate of drug-likeness (QED) is 0.237. The zero-order chi connectivity index (χ0) is 33.7. The summed E-state index contributed by atoms with van der Waals surface area (Å²) in [6.45, 7) is 0. The molecule has 10 rings (SSSR count). The van der Waals surface area contributed by atoms with Crippen molar-refractivity contribution < 1.29 is 4.74 Å². The molecule has 7 atom stereocenters. The molecule has 4 heteroatoms. The highest BCUT2D eigenvalue weighted by molar-refractivity contribution is 5.90. The molecule has 0 spiro atoms. The highest BCUT2D eigenvalue weighted by atomic mass is 16.5. The fraction of sp³-hybridized carbons (Fsp3) is 0.319. The third-order valence-corrected chi connectivity index (χ3v) is 12.5. The van der Waals surface area contributed by atoms with E-state index >= 15 is 0 Å². The lowest BCUT2D eigenvalue weighted by Gasteiger charge is -2.37. The molecule has 4 nitrogen and oxygen atoms in total. The van der Waals surface area contributed by atoms with Crippen LogP contribution in [-0.2, 0) is 0 Å². The van der Waals surface area contributed by atoms with E-state index in [9.17, 15) is 0 Å². The normalized spacial score (nSPS) is 29.6. The van der Waals surface area contributed by atoms with Crippen molar-refractivity contribution in [1.29, 1.82) is 0 Å². The number of fused-ring (bicyclic) bond motifs is 5. The topological polar surface area (TPSA) is 45.3 Å². The fourth-order valence-corrected chi connectivity index (χ4v) is 9.66. The summed E-state index contributed by atoms with van der Waals surface area (Å²) in [5, 5.41) is 11.6. The summed E-state index contributed by atoms with van der Waals surface area (Å²) in [6.07, 6.45) is 37.5. The Morgan fingerprint density at radius 1 is 0.706 bits per heavy atom. The number of hydrogen-bond donors (Lipinski definition) is 3. The Morgan fingerprint density at radius 2 is 1.57 bits per heavy atom. The van der Waals surface area contributed by atoms with Crippen LogP contribution in [0.25, 0.3) is 17.7 Å². The van der Waals surface area contributed by atoms with Gasteiger partial charge in [-0.15, -0.1) is 0 Å². The van der Waals surface area contributed by atoms with Crippen molar-refractivity contribution in [2.24, 2.45) is 17.8 Å². The van der Waals surface area contributed by atoms with Gasteiger partial charge < -0.3 is 20.7 Å². The molecule has 0 radical (unpaired) electrons. The summed E-state index contributed by atoms with van der Waals surface area (Å²) in [7, 11) is 0. The fourth-order valence-electron chi connectivity index (χ4n) is 9.66. The van der Waals surface area contributed by atoms with Crippen LogP contribution in [0.2, 0.25) is 0 Å². The molecule has 7 aliphatic rings. The average Bonchev–Trinajstić information content (AvgIpc) is 3.65.